The molecule has 7 heteroatoms. The number of sulfonamides is 1. The van der Waals surface area contributed by atoms with Gasteiger partial charge in [0.05, 0.1) is 12.2 Å². The van der Waals surface area contributed by atoms with Gasteiger partial charge in [-0.15, -0.1) is 0 Å². The molecule has 2 heterocycles. The zero-order valence-electron chi connectivity index (χ0n) is 14.1. The normalized spacial score (nSPS) is 22.6. The smallest absolute Gasteiger partial charge is 0.248 e. The fraction of sp³-hybridized carbons (Fsp3) is 0.471. The second kappa shape index (κ2) is 6.66. The Morgan fingerprint density at radius 1 is 1.21 bits per heavy atom. The topological polar surface area (TPSA) is 72.6 Å². The van der Waals surface area contributed by atoms with Gasteiger partial charge in [0, 0.05) is 13.1 Å². The van der Waals surface area contributed by atoms with Crippen LogP contribution in [0.2, 0.25) is 0 Å². The van der Waals surface area contributed by atoms with Crippen LogP contribution in [0.3, 0.4) is 0 Å². The van der Waals surface area contributed by atoms with E-state index in [9.17, 15) is 8.42 Å². The van der Waals surface area contributed by atoms with E-state index in [1.807, 2.05) is 37.3 Å². The highest BCUT2D eigenvalue weighted by Gasteiger charge is 2.37. The van der Waals surface area contributed by atoms with Crippen molar-refractivity contribution in [3.8, 4) is 0 Å². The van der Waals surface area contributed by atoms with Crippen molar-refractivity contribution >= 4 is 10.0 Å². The molecule has 1 saturated heterocycles. The number of hydrogen-bond acceptors (Lipinski definition) is 5. The predicted molar refractivity (Wildman–Crippen MR) is 89.2 cm³/mol. The van der Waals surface area contributed by atoms with Crippen LogP contribution in [0.1, 0.15) is 23.9 Å². The molecule has 2 aromatic rings. The van der Waals surface area contributed by atoms with Crippen LogP contribution in [-0.2, 0) is 21.2 Å². The molecule has 1 fully saturated rings. The average molecular weight is 350 g/mol. The Bertz CT molecular complexity index is 782. The first-order chi connectivity index (χ1) is 11.4. The van der Waals surface area contributed by atoms with Crippen molar-refractivity contribution in [1.82, 2.24) is 9.46 Å². The molecule has 1 aromatic heterocycles. The van der Waals surface area contributed by atoms with Crippen LogP contribution in [0.4, 0.5) is 0 Å². The molecule has 1 aliphatic heterocycles. The number of aromatic nitrogens is 1. The van der Waals surface area contributed by atoms with Crippen LogP contribution in [0.5, 0.6) is 0 Å². The molecule has 0 spiro atoms. The van der Waals surface area contributed by atoms with Crippen LogP contribution in [0, 0.1) is 13.8 Å². The minimum absolute atomic E-state index is 0.164. The molecular weight excluding hydrogens is 328 g/mol. The maximum atomic E-state index is 13.0. The Labute approximate surface area is 142 Å². The van der Waals surface area contributed by atoms with E-state index in [4.69, 9.17) is 9.26 Å². The first-order valence-electron chi connectivity index (χ1n) is 8.00. The van der Waals surface area contributed by atoms with Crippen molar-refractivity contribution in [3.63, 3.8) is 0 Å². The van der Waals surface area contributed by atoms with Gasteiger partial charge in [-0.05, 0) is 32.8 Å². The third-order valence-corrected chi connectivity index (χ3v) is 6.24. The summed E-state index contributed by atoms with van der Waals surface area (Å²) >= 11 is 0. The third kappa shape index (κ3) is 3.38. The van der Waals surface area contributed by atoms with E-state index in [1.54, 1.807) is 13.8 Å². The quantitative estimate of drug-likeness (QED) is 0.846. The standard InChI is InChI=1S/C17H22N2O4S/c1-12-10-19(24(20,21)17-13(2)18-23-14(17)3)11-16(22-12)9-15-7-5-4-6-8-15/h4-8,12,16H,9-11H2,1-3H3. The monoisotopic (exact) mass is 350 g/mol. The molecule has 3 rings (SSSR count). The summed E-state index contributed by atoms with van der Waals surface area (Å²) in [6, 6.07) is 9.95. The zero-order valence-corrected chi connectivity index (χ0v) is 14.9. The van der Waals surface area contributed by atoms with E-state index < -0.39 is 10.0 Å². The lowest BCUT2D eigenvalue weighted by molar-refractivity contribution is -0.0529. The lowest BCUT2D eigenvalue weighted by atomic mass is 10.1. The SMILES string of the molecule is Cc1noc(C)c1S(=O)(=O)N1CC(C)OC(Cc2ccccc2)C1. The van der Waals surface area contributed by atoms with Crippen LogP contribution in [-0.4, -0.2) is 43.2 Å². The van der Waals surface area contributed by atoms with Gasteiger partial charge in [-0.25, -0.2) is 8.42 Å². The predicted octanol–water partition coefficient (Wildman–Crippen LogP) is 2.31. The van der Waals surface area contributed by atoms with Crippen molar-refractivity contribution < 1.29 is 17.7 Å². The van der Waals surface area contributed by atoms with Gasteiger partial charge in [-0.1, -0.05) is 35.5 Å². The lowest BCUT2D eigenvalue weighted by Crippen LogP contribution is -2.49. The van der Waals surface area contributed by atoms with Gasteiger partial charge in [-0.2, -0.15) is 4.31 Å². The summed E-state index contributed by atoms with van der Waals surface area (Å²) < 4.78 is 38.5. The molecule has 130 valence electrons. The number of nitrogens with zero attached hydrogens (tertiary/aromatic N) is 2. The number of hydrogen-bond donors (Lipinski definition) is 0. The first kappa shape index (κ1) is 17.1. The Hall–Kier alpha value is -1.70. The number of ether oxygens (including phenoxy) is 1. The summed E-state index contributed by atoms with van der Waals surface area (Å²) in [6.45, 7) is 5.82. The van der Waals surface area contributed by atoms with E-state index in [0.29, 0.717) is 31.0 Å². The maximum Gasteiger partial charge on any atom is 0.248 e. The molecule has 24 heavy (non-hydrogen) atoms. The molecule has 0 radical (unpaired) electrons. The minimum atomic E-state index is -3.64. The number of aryl methyl sites for hydroxylation is 2. The molecule has 0 amide bonds. The van der Waals surface area contributed by atoms with Gasteiger partial charge in [0.25, 0.3) is 0 Å². The van der Waals surface area contributed by atoms with Crippen molar-refractivity contribution in [2.75, 3.05) is 13.1 Å². The molecular formula is C17H22N2O4S. The molecule has 1 aromatic carbocycles. The minimum Gasteiger partial charge on any atom is -0.372 e. The van der Waals surface area contributed by atoms with E-state index in [1.165, 1.54) is 4.31 Å². The lowest BCUT2D eigenvalue weighted by Gasteiger charge is -2.36. The second-order valence-corrected chi connectivity index (χ2v) is 8.11. The van der Waals surface area contributed by atoms with E-state index >= 15 is 0 Å². The van der Waals surface area contributed by atoms with Gasteiger partial charge in [0.2, 0.25) is 10.0 Å². The maximum absolute atomic E-state index is 13.0. The summed E-state index contributed by atoms with van der Waals surface area (Å²) in [6.07, 6.45) is 0.341. The summed E-state index contributed by atoms with van der Waals surface area (Å²) in [4.78, 5) is 0.176. The van der Waals surface area contributed by atoms with Crippen molar-refractivity contribution in [3.05, 3.63) is 47.3 Å². The highest BCUT2D eigenvalue weighted by molar-refractivity contribution is 7.89. The van der Waals surface area contributed by atoms with Gasteiger partial charge in [-0.3, -0.25) is 0 Å². The molecule has 2 atom stereocenters. The molecule has 0 N–H and O–H groups in total. The summed E-state index contributed by atoms with van der Waals surface area (Å²) in [5.74, 6) is 0.325. The second-order valence-electron chi connectivity index (χ2n) is 6.23. The van der Waals surface area contributed by atoms with Crippen LogP contribution < -0.4 is 0 Å². The molecule has 0 bridgehead atoms. The molecule has 0 aliphatic carbocycles. The van der Waals surface area contributed by atoms with Crippen molar-refractivity contribution in [1.29, 1.82) is 0 Å². The van der Waals surface area contributed by atoms with Gasteiger partial charge >= 0.3 is 0 Å². The highest BCUT2D eigenvalue weighted by atomic mass is 32.2. The Morgan fingerprint density at radius 3 is 2.54 bits per heavy atom. The highest BCUT2D eigenvalue weighted by Crippen LogP contribution is 2.26. The van der Waals surface area contributed by atoms with Gasteiger partial charge < -0.3 is 9.26 Å². The summed E-state index contributed by atoms with van der Waals surface area (Å²) in [5, 5.41) is 3.77. The summed E-state index contributed by atoms with van der Waals surface area (Å²) in [7, 11) is -3.64. The zero-order chi connectivity index (χ0) is 17.3. The molecule has 0 saturated carbocycles. The van der Waals surface area contributed by atoms with Crippen molar-refractivity contribution in [2.24, 2.45) is 0 Å². The molecule has 2 unspecified atom stereocenters. The number of benzene rings is 1. The van der Waals surface area contributed by atoms with Crippen LogP contribution in [0.15, 0.2) is 39.8 Å². The molecule has 6 nitrogen and oxygen atoms in total. The Morgan fingerprint density at radius 2 is 1.92 bits per heavy atom. The van der Waals surface area contributed by atoms with E-state index in [-0.39, 0.29) is 17.1 Å². The Balaban J connectivity index is 1.83. The Kier molecular flexibility index (Phi) is 4.76. The number of morpholine rings is 1. The van der Waals surface area contributed by atoms with Crippen molar-refractivity contribution in [2.45, 2.75) is 44.3 Å². The largest absolute Gasteiger partial charge is 0.372 e. The van der Waals surface area contributed by atoms with E-state index in [2.05, 4.69) is 5.16 Å². The third-order valence-electron chi connectivity index (χ3n) is 4.16. The van der Waals surface area contributed by atoms with E-state index in [0.717, 1.165) is 5.56 Å². The number of rotatable bonds is 4. The van der Waals surface area contributed by atoms with Crippen LogP contribution in [0.25, 0.3) is 0 Å². The van der Waals surface area contributed by atoms with Gasteiger partial charge in [0.1, 0.15) is 10.6 Å². The fourth-order valence-electron chi connectivity index (χ4n) is 3.16. The first-order valence-corrected chi connectivity index (χ1v) is 9.44. The average Bonchev–Trinajstić information content (AvgIpc) is 2.87. The summed E-state index contributed by atoms with van der Waals surface area (Å²) in [5.41, 5.74) is 1.53. The molecule has 1 aliphatic rings. The van der Waals surface area contributed by atoms with Gasteiger partial charge in [0.15, 0.2) is 5.76 Å². The fourth-order valence-corrected chi connectivity index (χ4v) is 5.00. The van der Waals surface area contributed by atoms with Crippen LogP contribution >= 0.6 is 0 Å².